The molecule has 1 atom stereocenters. The van der Waals surface area contributed by atoms with Gasteiger partial charge in [0.1, 0.15) is 5.75 Å². The number of amides is 1. The first kappa shape index (κ1) is 20.3. The number of hydrogen-bond donors (Lipinski definition) is 1. The van der Waals surface area contributed by atoms with E-state index in [1.165, 1.54) is 41.4 Å². The number of rotatable bonds is 5. The van der Waals surface area contributed by atoms with Gasteiger partial charge in [-0.25, -0.2) is 8.42 Å². The Morgan fingerprint density at radius 1 is 1.26 bits per heavy atom. The molecule has 0 aliphatic carbocycles. The fourth-order valence-electron chi connectivity index (χ4n) is 2.82. The number of nitrogens with zero attached hydrogens (tertiary/aromatic N) is 1. The van der Waals surface area contributed by atoms with Crippen molar-refractivity contribution < 1.29 is 17.9 Å². The van der Waals surface area contributed by atoms with Crippen LogP contribution in [0.5, 0.6) is 5.75 Å². The number of sulfonamides is 1. The van der Waals surface area contributed by atoms with Gasteiger partial charge in [-0.3, -0.25) is 4.79 Å². The summed E-state index contributed by atoms with van der Waals surface area (Å²) in [7, 11) is -2.51. The van der Waals surface area contributed by atoms with Crippen LogP contribution < -0.4 is 10.5 Å². The van der Waals surface area contributed by atoms with Gasteiger partial charge in [-0.15, -0.1) is 11.8 Å². The smallest absolute Gasteiger partial charge is 0.252 e. The van der Waals surface area contributed by atoms with E-state index in [-0.39, 0.29) is 16.2 Å². The molecule has 1 aliphatic heterocycles. The number of nitrogens with two attached hydrogens (primary N) is 1. The van der Waals surface area contributed by atoms with Crippen LogP contribution in [0.2, 0.25) is 10.0 Å². The van der Waals surface area contributed by atoms with Gasteiger partial charge in [0.2, 0.25) is 10.0 Å². The molecule has 6 nitrogen and oxygen atoms in total. The van der Waals surface area contributed by atoms with Gasteiger partial charge < -0.3 is 10.5 Å². The lowest BCUT2D eigenvalue weighted by Crippen LogP contribution is -2.31. The maximum absolute atomic E-state index is 13.2. The summed E-state index contributed by atoms with van der Waals surface area (Å²) in [5.74, 6) is 0.0633. The van der Waals surface area contributed by atoms with E-state index in [0.29, 0.717) is 27.9 Å². The molecule has 1 unspecified atom stereocenters. The highest BCUT2D eigenvalue weighted by Gasteiger charge is 2.38. The van der Waals surface area contributed by atoms with Crippen molar-refractivity contribution in [2.45, 2.75) is 10.3 Å². The Kier molecular flexibility index (Phi) is 5.93. The minimum Gasteiger partial charge on any atom is -0.496 e. The molecule has 0 spiro atoms. The topological polar surface area (TPSA) is 89.7 Å². The van der Waals surface area contributed by atoms with Gasteiger partial charge in [-0.1, -0.05) is 29.3 Å². The molecule has 1 amide bonds. The minimum atomic E-state index is -3.89. The maximum atomic E-state index is 13.2. The highest BCUT2D eigenvalue weighted by atomic mass is 35.5. The molecule has 3 rings (SSSR count). The van der Waals surface area contributed by atoms with Gasteiger partial charge in [-0.05, 0) is 35.9 Å². The molecule has 1 fully saturated rings. The number of carbonyl (C=O) groups is 1. The summed E-state index contributed by atoms with van der Waals surface area (Å²) in [6, 6.07) is 9.02. The fourth-order valence-corrected chi connectivity index (χ4v) is 6.69. The zero-order chi connectivity index (χ0) is 19.8. The molecule has 0 aromatic heterocycles. The summed E-state index contributed by atoms with van der Waals surface area (Å²) in [6.45, 7) is 0.314. The third kappa shape index (κ3) is 3.90. The average Bonchev–Trinajstić information content (AvgIpc) is 3.11. The van der Waals surface area contributed by atoms with E-state index in [0.717, 1.165) is 0 Å². The number of hydrogen-bond acceptors (Lipinski definition) is 5. The second kappa shape index (κ2) is 7.89. The summed E-state index contributed by atoms with van der Waals surface area (Å²) in [4.78, 5) is 11.6. The normalized spacial score (nSPS) is 17.8. The van der Waals surface area contributed by atoms with Crippen LogP contribution in [0.1, 0.15) is 21.3 Å². The van der Waals surface area contributed by atoms with E-state index in [1.54, 1.807) is 18.2 Å². The predicted molar refractivity (Wildman–Crippen MR) is 107 cm³/mol. The molecule has 10 heteroatoms. The van der Waals surface area contributed by atoms with Crippen molar-refractivity contribution in [1.82, 2.24) is 4.31 Å². The standard InChI is InChI=1S/C17H16Cl2N2O4S2/c1-25-15-5-3-11(9-13(15)16(20)22)27(23,24)21-6-7-26-17(21)12-4-2-10(18)8-14(12)19/h2-5,8-9,17H,6-7H2,1H3,(H2,20,22). The van der Waals surface area contributed by atoms with Crippen LogP contribution in [0.4, 0.5) is 0 Å². The zero-order valence-corrected chi connectivity index (χ0v) is 17.3. The lowest BCUT2D eigenvalue weighted by Gasteiger charge is -2.24. The van der Waals surface area contributed by atoms with Crippen molar-refractivity contribution in [2.75, 3.05) is 19.4 Å². The molecule has 1 saturated heterocycles. The van der Waals surface area contributed by atoms with Crippen LogP contribution >= 0.6 is 35.0 Å². The van der Waals surface area contributed by atoms with Gasteiger partial charge >= 0.3 is 0 Å². The number of ether oxygens (including phenoxy) is 1. The number of methoxy groups -OCH3 is 1. The van der Waals surface area contributed by atoms with E-state index >= 15 is 0 Å². The first-order valence-electron chi connectivity index (χ1n) is 7.82. The monoisotopic (exact) mass is 446 g/mol. The van der Waals surface area contributed by atoms with Gasteiger partial charge in [0, 0.05) is 22.3 Å². The van der Waals surface area contributed by atoms with Crippen molar-refractivity contribution >= 4 is 50.9 Å². The van der Waals surface area contributed by atoms with Crippen molar-refractivity contribution in [3.63, 3.8) is 0 Å². The van der Waals surface area contributed by atoms with Crippen molar-refractivity contribution in [3.8, 4) is 5.75 Å². The number of thioether (sulfide) groups is 1. The molecular weight excluding hydrogens is 431 g/mol. The minimum absolute atomic E-state index is 0.00602. The quantitative estimate of drug-likeness (QED) is 0.758. The summed E-state index contributed by atoms with van der Waals surface area (Å²) in [5.41, 5.74) is 6.02. The number of benzene rings is 2. The Labute approximate surface area is 171 Å². The molecule has 0 saturated carbocycles. The van der Waals surface area contributed by atoms with Crippen LogP contribution in [0.25, 0.3) is 0 Å². The lowest BCUT2D eigenvalue weighted by atomic mass is 10.2. The average molecular weight is 447 g/mol. The highest BCUT2D eigenvalue weighted by molar-refractivity contribution is 8.01. The number of primary amides is 1. The first-order valence-corrected chi connectivity index (χ1v) is 11.1. The summed E-state index contributed by atoms with van der Waals surface area (Å²) < 4.78 is 32.9. The molecule has 0 bridgehead atoms. The molecule has 1 heterocycles. The van der Waals surface area contributed by atoms with Crippen molar-refractivity contribution in [3.05, 3.63) is 57.6 Å². The zero-order valence-electron chi connectivity index (χ0n) is 14.2. The summed E-state index contributed by atoms with van der Waals surface area (Å²) in [5, 5.41) is 0.385. The van der Waals surface area contributed by atoms with Gasteiger partial charge in [-0.2, -0.15) is 4.31 Å². The third-order valence-corrected chi connectivity index (χ3v) is 7.92. The van der Waals surface area contributed by atoms with Crippen LogP contribution in [-0.2, 0) is 10.0 Å². The predicted octanol–water partition coefficient (Wildman–Crippen LogP) is 3.54. The maximum Gasteiger partial charge on any atom is 0.252 e. The van der Waals surface area contributed by atoms with Crippen LogP contribution in [-0.4, -0.2) is 38.0 Å². The number of halogens is 2. The fraction of sp³-hybridized carbons (Fsp3) is 0.235. The molecule has 2 aromatic carbocycles. The highest BCUT2D eigenvalue weighted by Crippen LogP contribution is 2.44. The largest absolute Gasteiger partial charge is 0.496 e. The summed E-state index contributed by atoms with van der Waals surface area (Å²) >= 11 is 13.7. The first-order chi connectivity index (χ1) is 12.8. The van der Waals surface area contributed by atoms with E-state index in [2.05, 4.69) is 0 Å². The Bertz CT molecular complexity index is 998. The van der Waals surface area contributed by atoms with E-state index < -0.39 is 21.3 Å². The SMILES string of the molecule is COc1ccc(S(=O)(=O)N2CCSC2c2ccc(Cl)cc2Cl)cc1C(N)=O. The molecule has 2 aromatic rings. The Hall–Kier alpha value is -1.45. The Balaban J connectivity index is 2.03. The second-order valence-electron chi connectivity index (χ2n) is 5.73. The van der Waals surface area contributed by atoms with E-state index in [4.69, 9.17) is 33.7 Å². The lowest BCUT2D eigenvalue weighted by molar-refractivity contribution is 0.0997. The molecule has 27 heavy (non-hydrogen) atoms. The molecular formula is C17H16Cl2N2O4S2. The van der Waals surface area contributed by atoms with Gasteiger partial charge in [0.25, 0.3) is 5.91 Å². The Morgan fingerprint density at radius 3 is 2.63 bits per heavy atom. The van der Waals surface area contributed by atoms with Crippen LogP contribution in [0.15, 0.2) is 41.3 Å². The molecule has 0 radical (unpaired) electrons. The molecule has 144 valence electrons. The second-order valence-corrected chi connectivity index (χ2v) is 9.65. The summed E-state index contributed by atoms with van der Waals surface area (Å²) in [6.07, 6.45) is 0. The third-order valence-electron chi connectivity index (χ3n) is 4.12. The van der Waals surface area contributed by atoms with Crippen LogP contribution in [0, 0.1) is 0 Å². The van der Waals surface area contributed by atoms with E-state index in [1.807, 2.05) is 0 Å². The van der Waals surface area contributed by atoms with Crippen molar-refractivity contribution in [1.29, 1.82) is 0 Å². The van der Waals surface area contributed by atoms with Gasteiger partial charge in [0.05, 0.1) is 22.9 Å². The Morgan fingerprint density at radius 2 is 2.00 bits per heavy atom. The molecule has 1 aliphatic rings. The van der Waals surface area contributed by atoms with Gasteiger partial charge in [0.15, 0.2) is 0 Å². The van der Waals surface area contributed by atoms with Crippen LogP contribution in [0.3, 0.4) is 0 Å². The number of carbonyl (C=O) groups excluding carboxylic acids is 1. The van der Waals surface area contributed by atoms with E-state index in [9.17, 15) is 13.2 Å². The van der Waals surface area contributed by atoms with Crippen molar-refractivity contribution in [2.24, 2.45) is 5.73 Å². The molecule has 2 N–H and O–H groups in total.